The van der Waals surface area contributed by atoms with Crippen LogP contribution < -0.4 is 4.90 Å². The molecule has 0 atom stereocenters. The largest absolute Gasteiger partial charge is 0.311 e. The zero-order valence-electron chi connectivity index (χ0n) is 22.3. The van der Waals surface area contributed by atoms with E-state index in [9.17, 15) is 0 Å². The lowest BCUT2D eigenvalue weighted by Crippen LogP contribution is -2.09. The molecular formula is C37H26N4. The normalized spacial score (nSPS) is 11.4. The van der Waals surface area contributed by atoms with E-state index in [0.29, 0.717) is 0 Å². The van der Waals surface area contributed by atoms with Crippen molar-refractivity contribution < 1.29 is 0 Å². The van der Waals surface area contributed by atoms with Gasteiger partial charge in [-0.05, 0) is 78.9 Å². The number of fused-ring (bicyclic) bond motifs is 5. The van der Waals surface area contributed by atoms with Gasteiger partial charge >= 0.3 is 0 Å². The first kappa shape index (κ1) is 23.3. The molecule has 0 saturated heterocycles. The first-order valence-corrected chi connectivity index (χ1v) is 13.8. The highest BCUT2D eigenvalue weighted by Gasteiger charge is 2.18. The van der Waals surface area contributed by atoms with E-state index < -0.39 is 0 Å². The van der Waals surface area contributed by atoms with Crippen LogP contribution in [-0.4, -0.2) is 14.3 Å². The Morgan fingerprint density at radius 2 is 1.00 bits per heavy atom. The maximum atomic E-state index is 4.82. The maximum absolute atomic E-state index is 4.82. The fraction of sp³-hybridized carbons (Fsp3) is 0. The third-order valence-corrected chi connectivity index (χ3v) is 7.78. The summed E-state index contributed by atoms with van der Waals surface area (Å²) in [5, 5.41) is 8.40. The number of anilines is 3. The van der Waals surface area contributed by atoms with E-state index in [0.717, 1.165) is 39.3 Å². The summed E-state index contributed by atoms with van der Waals surface area (Å²) in [6, 6.07) is 53.3. The van der Waals surface area contributed by atoms with Gasteiger partial charge in [0.2, 0.25) is 0 Å². The number of benzene rings is 6. The lowest BCUT2D eigenvalue weighted by atomic mass is 10.1. The summed E-state index contributed by atoms with van der Waals surface area (Å²) in [5.41, 5.74) is 8.95. The molecule has 0 aliphatic carbocycles. The van der Waals surface area contributed by atoms with Crippen molar-refractivity contribution >= 4 is 49.8 Å². The number of para-hydroxylation sites is 4. The average molecular weight is 527 g/mol. The van der Waals surface area contributed by atoms with Crippen LogP contribution in [0.15, 0.2) is 158 Å². The van der Waals surface area contributed by atoms with Crippen molar-refractivity contribution in [3.63, 3.8) is 0 Å². The van der Waals surface area contributed by atoms with Gasteiger partial charge in [0.25, 0.3) is 0 Å². The lowest BCUT2D eigenvalue weighted by Gasteiger charge is -2.25. The fourth-order valence-electron chi connectivity index (χ4n) is 5.96. The molecule has 0 bridgehead atoms. The SMILES string of the molecule is c1ccc(N(c2ccccc2)c2ccc(-n3c4ccccc4c4ccc5c(cnn5-c5ccccc5)c43)cc2)cc1. The third kappa shape index (κ3) is 3.80. The smallest absolute Gasteiger partial charge is 0.0762 e. The summed E-state index contributed by atoms with van der Waals surface area (Å²) < 4.78 is 4.40. The molecule has 2 heterocycles. The van der Waals surface area contributed by atoms with E-state index in [-0.39, 0.29) is 0 Å². The zero-order valence-corrected chi connectivity index (χ0v) is 22.3. The van der Waals surface area contributed by atoms with E-state index >= 15 is 0 Å². The molecule has 41 heavy (non-hydrogen) atoms. The summed E-state index contributed by atoms with van der Waals surface area (Å²) in [4.78, 5) is 2.29. The lowest BCUT2D eigenvalue weighted by molar-refractivity contribution is 0.911. The molecule has 4 heteroatoms. The molecule has 0 N–H and O–H groups in total. The second-order valence-corrected chi connectivity index (χ2v) is 10.2. The zero-order chi connectivity index (χ0) is 27.2. The van der Waals surface area contributed by atoms with Gasteiger partial charge < -0.3 is 9.47 Å². The van der Waals surface area contributed by atoms with E-state index in [1.807, 2.05) is 29.1 Å². The predicted octanol–water partition coefficient (Wildman–Crippen LogP) is 9.59. The number of rotatable bonds is 5. The quantitative estimate of drug-likeness (QED) is 0.223. The summed E-state index contributed by atoms with van der Waals surface area (Å²) in [5.74, 6) is 0. The highest BCUT2D eigenvalue weighted by Crippen LogP contribution is 2.39. The maximum Gasteiger partial charge on any atom is 0.0762 e. The highest BCUT2D eigenvalue weighted by atomic mass is 15.3. The van der Waals surface area contributed by atoms with Gasteiger partial charge in [-0.2, -0.15) is 5.10 Å². The monoisotopic (exact) mass is 526 g/mol. The minimum absolute atomic E-state index is 1.05. The third-order valence-electron chi connectivity index (χ3n) is 7.78. The van der Waals surface area contributed by atoms with Crippen molar-refractivity contribution in [2.45, 2.75) is 0 Å². The molecule has 0 radical (unpaired) electrons. The molecule has 0 aliphatic rings. The van der Waals surface area contributed by atoms with E-state index in [1.165, 1.54) is 21.8 Å². The van der Waals surface area contributed by atoms with Gasteiger partial charge in [-0.1, -0.05) is 72.8 Å². The Hall–Kier alpha value is -5.61. The Balaban J connectivity index is 1.33. The topological polar surface area (TPSA) is 26.0 Å². The summed E-state index contributed by atoms with van der Waals surface area (Å²) >= 11 is 0. The molecule has 0 aliphatic heterocycles. The standard InChI is InChI=1S/C37H26N4/c1-4-12-27(13-5-1)39(28-14-6-2-7-15-28)29-20-22-30(23-21-29)40-35-19-11-10-18-32(35)33-24-25-36-34(37(33)40)26-38-41(36)31-16-8-3-9-17-31/h1-26H. The first-order valence-electron chi connectivity index (χ1n) is 13.8. The second-order valence-electron chi connectivity index (χ2n) is 10.2. The number of aromatic nitrogens is 3. The van der Waals surface area contributed by atoms with Crippen molar-refractivity contribution in [3.8, 4) is 11.4 Å². The molecule has 0 fully saturated rings. The Bertz CT molecular complexity index is 2090. The molecule has 8 aromatic rings. The molecule has 194 valence electrons. The van der Waals surface area contributed by atoms with Gasteiger partial charge in [0.05, 0.1) is 28.4 Å². The minimum Gasteiger partial charge on any atom is -0.311 e. The van der Waals surface area contributed by atoms with Crippen molar-refractivity contribution in [1.29, 1.82) is 0 Å². The molecule has 0 saturated carbocycles. The van der Waals surface area contributed by atoms with Crippen LogP contribution in [0.2, 0.25) is 0 Å². The van der Waals surface area contributed by atoms with Gasteiger partial charge in [-0.25, -0.2) is 4.68 Å². The Kier molecular flexibility index (Phi) is 5.42. The van der Waals surface area contributed by atoms with Gasteiger partial charge in [-0.15, -0.1) is 0 Å². The van der Waals surface area contributed by atoms with Crippen LogP contribution in [0.25, 0.3) is 44.1 Å². The Morgan fingerprint density at radius 1 is 0.415 bits per heavy atom. The molecule has 0 unspecified atom stereocenters. The predicted molar refractivity (Wildman–Crippen MR) is 170 cm³/mol. The van der Waals surface area contributed by atoms with E-state index in [2.05, 4.69) is 143 Å². The van der Waals surface area contributed by atoms with Crippen LogP contribution in [0.5, 0.6) is 0 Å². The summed E-state index contributed by atoms with van der Waals surface area (Å²) in [6.45, 7) is 0. The van der Waals surface area contributed by atoms with Gasteiger partial charge in [0, 0.05) is 38.9 Å². The van der Waals surface area contributed by atoms with Crippen molar-refractivity contribution in [2.75, 3.05) is 4.90 Å². The highest BCUT2D eigenvalue weighted by molar-refractivity contribution is 6.18. The molecule has 6 aromatic carbocycles. The van der Waals surface area contributed by atoms with Crippen molar-refractivity contribution in [3.05, 3.63) is 158 Å². The number of hydrogen-bond acceptors (Lipinski definition) is 2. The molecule has 0 spiro atoms. The number of hydrogen-bond donors (Lipinski definition) is 0. The Labute approximate surface area is 237 Å². The van der Waals surface area contributed by atoms with Gasteiger partial charge in [-0.3, -0.25) is 0 Å². The van der Waals surface area contributed by atoms with Crippen LogP contribution in [0.4, 0.5) is 17.1 Å². The summed E-state index contributed by atoms with van der Waals surface area (Å²) in [7, 11) is 0. The fourth-order valence-corrected chi connectivity index (χ4v) is 5.96. The summed E-state index contributed by atoms with van der Waals surface area (Å²) in [6.07, 6.45) is 2.00. The minimum atomic E-state index is 1.05. The van der Waals surface area contributed by atoms with E-state index in [1.54, 1.807) is 0 Å². The van der Waals surface area contributed by atoms with Gasteiger partial charge in [0.1, 0.15) is 0 Å². The molecule has 8 rings (SSSR count). The Morgan fingerprint density at radius 3 is 1.68 bits per heavy atom. The molecule has 4 nitrogen and oxygen atoms in total. The first-order chi connectivity index (χ1) is 20.4. The van der Waals surface area contributed by atoms with Gasteiger partial charge in [0.15, 0.2) is 0 Å². The van der Waals surface area contributed by atoms with Crippen LogP contribution in [0.1, 0.15) is 0 Å². The number of nitrogens with zero attached hydrogens (tertiary/aromatic N) is 4. The van der Waals surface area contributed by atoms with Crippen molar-refractivity contribution in [1.82, 2.24) is 14.3 Å². The molecule has 2 aromatic heterocycles. The van der Waals surface area contributed by atoms with E-state index in [4.69, 9.17) is 5.10 Å². The van der Waals surface area contributed by atoms with Crippen LogP contribution in [0, 0.1) is 0 Å². The van der Waals surface area contributed by atoms with Crippen LogP contribution in [-0.2, 0) is 0 Å². The van der Waals surface area contributed by atoms with Crippen molar-refractivity contribution in [2.24, 2.45) is 0 Å². The second kappa shape index (κ2) is 9.54. The van der Waals surface area contributed by atoms with Crippen LogP contribution in [0.3, 0.4) is 0 Å². The molecular weight excluding hydrogens is 500 g/mol. The molecule has 0 amide bonds. The van der Waals surface area contributed by atoms with Crippen LogP contribution >= 0.6 is 0 Å². The average Bonchev–Trinajstić information content (AvgIpc) is 3.63.